The summed E-state index contributed by atoms with van der Waals surface area (Å²) >= 11 is 0. The average Bonchev–Trinajstić information content (AvgIpc) is 2.04. The number of carbonyl (C=O) groups is 1. The number of hydrogen-bond acceptors (Lipinski definition) is 2. The van der Waals surface area contributed by atoms with Crippen LogP contribution in [-0.4, -0.2) is 13.0 Å². The van der Waals surface area contributed by atoms with Crippen LogP contribution in [0.2, 0.25) is 0 Å². The van der Waals surface area contributed by atoms with Gasteiger partial charge in [-0.05, 0) is 24.7 Å². The molecule has 0 aliphatic heterocycles. The molecular weight excluding hydrogens is 164 g/mol. The molecule has 0 spiro atoms. The lowest BCUT2D eigenvalue weighted by molar-refractivity contribution is -0.114. The van der Waals surface area contributed by atoms with Crippen molar-refractivity contribution in [1.82, 2.24) is 5.32 Å². The molecule has 3 nitrogen and oxygen atoms in total. The van der Waals surface area contributed by atoms with Crippen molar-refractivity contribution in [2.24, 2.45) is 0 Å². The normalized spacial score (nSPS) is 9.69. The second-order valence-corrected chi connectivity index (χ2v) is 2.91. The topological polar surface area (TPSA) is 41.1 Å². The maximum absolute atomic E-state index is 10.8. The lowest BCUT2D eigenvalue weighted by Gasteiger charge is -2.04. The summed E-state index contributed by atoms with van der Waals surface area (Å²) in [6.45, 7) is 2.32. The van der Waals surface area contributed by atoms with Crippen LogP contribution in [-0.2, 0) is 11.3 Å². The van der Waals surface area contributed by atoms with Crippen LogP contribution in [0.4, 0.5) is 5.69 Å². The highest BCUT2D eigenvalue weighted by atomic mass is 16.1. The summed E-state index contributed by atoms with van der Waals surface area (Å²) in [4.78, 5) is 10.8. The summed E-state index contributed by atoms with van der Waals surface area (Å²) < 4.78 is 0. The first-order valence-electron chi connectivity index (χ1n) is 4.23. The molecular formula is C10H14N2O. The van der Waals surface area contributed by atoms with Crippen LogP contribution in [0.25, 0.3) is 0 Å². The molecule has 3 heteroatoms. The Morgan fingerprint density at radius 1 is 1.46 bits per heavy atom. The smallest absolute Gasteiger partial charge is 0.221 e. The maximum Gasteiger partial charge on any atom is 0.221 e. The minimum absolute atomic E-state index is 0.0402. The molecule has 1 aromatic carbocycles. The lowest BCUT2D eigenvalue weighted by atomic mass is 10.2. The number of nitrogens with one attached hydrogen (secondary N) is 2. The number of carbonyl (C=O) groups excluding carboxylic acids is 1. The van der Waals surface area contributed by atoms with Gasteiger partial charge in [-0.2, -0.15) is 0 Å². The molecule has 0 radical (unpaired) electrons. The first-order chi connectivity index (χ1) is 6.22. The SMILES string of the molecule is CNCc1cccc(NC(C)=O)c1. The molecule has 0 fully saturated rings. The second kappa shape index (κ2) is 4.62. The van der Waals surface area contributed by atoms with Crippen molar-refractivity contribution in [2.75, 3.05) is 12.4 Å². The Labute approximate surface area is 78.2 Å². The van der Waals surface area contributed by atoms with Crippen molar-refractivity contribution in [2.45, 2.75) is 13.5 Å². The van der Waals surface area contributed by atoms with Gasteiger partial charge in [0, 0.05) is 19.2 Å². The summed E-state index contributed by atoms with van der Waals surface area (Å²) in [6.07, 6.45) is 0. The van der Waals surface area contributed by atoms with Crippen molar-refractivity contribution in [3.8, 4) is 0 Å². The number of amides is 1. The summed E-state index contributed by atoms with van der Waals surface area (Å²) in [5.41, 5.74) is 2.01. The van der Waals surface area contributed by atoms with E-state index in [2.05, 4.69) is 10.6 Å². The van der Waals surface area contributed by atoms with Gasteiger partial charge in [0.2, 0.25) is 5.91 Å². The zero-order valence-electron chi connectivity index (χ0n) is 7.92. The largest absolute Gasteiger partial charge is 0.326 e. The Kier molecular flexibility index (Phi) is 3.46. The van der Waals surface area contributed by atoms with Crippen LogP contribution in [0.5, 0.6) is 0 Å². The molecule has 70 valence electrons. The van der Waals surface area contributed by atoms with E-state index in [0.29, 0.717) is 0 Å². The molecule has 1 amide bonds. The Hall–Kier alpha value is -1.35. The minimum Gasteiger partial charge on any atom is -0.326 e. The average molecular weight is 178 g/mol. The molecule has 0 bridgehead atoms. The lowest BCUT2D eigenvalue weighted by Crippen LogP contribution is -2.08. The zero-order chi connectivity index (χ0) is 9.68. The summed E-state index contributed by atoms with van der Waals surface area (Å²) in [6, 6.07) is 7.78. The molecule has 0 saturated carbocycles. The van der Waals surface area contributed by atoms with Gasteiger partial charge in [-0.15, -0.1) is 0 Å². The van der Waals surface area contributed by atoms with Gasteiger partial charge in [0.1, 0.15) is 0 Å². The molecule has 0 unspecified atom stereocenters. The van der Waals surface area contributed by atoms with Gasteiger partial charge in [-0.1, -0.05) is 12.1 Å². The van der Waals surface area contributed by atoms with Gasteiger partial charge in [-0.3, -0.25) is 4.79 Å². The molecule has 0 heterocycles. The Balaban J connectivity index is 2.73. The second-order valence-electron chi connectivity index (χ2n) is 2.91. The maximum atomic E-state index is 10.8. The van der Waals surface area contributed by atoms with Crippen LogP contribution in [0.1, 0.15) is 12.5 Å². The highest BCUT2D eigenvalue weighted by molar-refractivity contribution is 5.88. The van der Waals surface area contributed by atoms with E-state index in [1.54, 1.807) is 0 Å². The predicted molar refractivity (Wildman–Crippen MR) is 53.5 cm³/mol. The third-order valence-electron chi connectivity index (χ3n) is 1.63. The zero-order valence-corrected chi connectivity index (χ0v) is 7.92. The fraction of sp³-hybridized carbons (Fsp3) is 0.300. The van der Waals surface area contributed by atoms with E-state index in [0.717, 1.165) is 17.8 Å². The van der Waals surface area contributed by atoms with Gasteiger partial charge in [0.05, 0.1) is 0 Å². The standard InChI is InChI=1S/C10H14N2O/c1-8(13)12-10-5-3-4-9(6-10)7-11-2/h3-6,11H,7H2,1-2H3,(H,12,13). The van der Waals surface area contributed by atoms with E-state index in [1.165, 1.54) is 6.92 Å². The fourth-order valence-corrected chi connectivity index (χ4v) is 1.17. The summed E-state index contributed by atoms with van der Waals surface area (Å²) in [5, 5.41) is 5.79. The van der Waals surface area contributed by atoms with Gasteiger partial charge >= 0.3 is 0 Å². The first kappa shape index (κ1) is 9.74. The third-order valence-corrected chi connectivity index (χ3v) is 1.63. The highest BCUT2D eigenvalue weighted by Gasteiger charge is 1.96. The quantitative estimate of drug-likeness (QED) is 0.733. The van der Waals surface area contributed by atoms with Gasteiger partial charge in [-0.25, -0.2) is 0 Å². The van der Waals surface area contributed by atoms with Gasteiger partial charge in [0.25, 0.3) is 0 Å². The Morgan fingerprint density at radius 3 is 2.85 bits per heavy atom. The fourth-order valence-electron chi connectivity index (χ4n) is 1.17. The molecule has 0 saturated heterocycles. The molecule has 1 rings (SSSR count). The third kappa shape index (κ3) is 3.25. The van der Waals surface area contributed by atoms with Crippen LogP contribution in [0, 0.1) is 0 Å². The van der Waals surface area contributed by atoms with Crippen molar-refractivity contribution in [3.05, 3.63) is 29.8 Å². The van der Waals surface area contributed by atoms with Gasteiger partial charge in [0.15, 0.2) is 0 Å². The Bertz CT molecular complexity index is 297. The molecule has 0 aliphatic rings. The van der Waals surface area contributed by atoms with E-state index in [1.807, 2.05) is 31.3 Å². The molecule has 0 atom stereocenters. The van der Waals surface area contributed by atoms with E-state index in [4.69, 9.17) is 0 Å². The first-order valence-corrected chi connectivity index (χ1v) is 4.23. The molecule has 2 N–H and O–H groups in total. The van der Waals surface area contributed by atoms with Gasteiger partial charge < -0.3 is 10.6 Å². The minimum atomic E-state index is -0.0402. The van der Waals surface area contributed by atoms with Crippen molar-refractivity contribution in [1.29, 1.82) is 0 Å². The van der Waals surface area contributed by atoms with Crippen molar-refractivity contribution < 1.29 is 4.79 Å². The Morgan fingerprint density at radius 2 is 2.23 bits per heavy atom. The number of hydrogen-bond donors (Lipinski definition) is 2. The van der Waals surface area contributed by atoms with Crippen LogP contribution in [0.15, 0.2) is 24.3 Å². The van der Waals surface area contributed by atoms with Crippen LogP contribution < -0.4 is 10.6 Å². The highest BCUT2D eigenvalue weighted by Crippen LogP contribution is 2.09. The van der Waals surface area contributed by atoms with Crippen molar-refractivity contribution in [3.63, 3.8) is 0 Å². The molecule has 0 aromatic heterocycles. The van der Waals surface area contributed by atoms with Crippen LogP contribution >= 0.6 is 0 Å². The number of benzene rings is 1. The van der Waals surface area contributed by atoms with E-state index in [9.17, 15) is 4.79 Å². The summed E-state index contributed by atoms with van der Waals surface area (Å²) in [7, 11) is 1.89. The number of anilines is 1. The molecule has 0 aliphatic carbocycles. The predicted octanol–water partition coefficient (Wildman–Crippen LogP) is 1.36. The molecule has 1 aromatic rings. The van der Waals surface area contributed by atoms with E-state index in [-0.39, 0.29) is 5.91 Å². The van der Waals surface area contributed by atoms with Crippen LogP contribution in [0.3, 0.4) is 0 Å². The monoisotopic (exact) mass is 178 g/mol. The van der Waals surface area contributed by atoms with Crippen molar-refractivity contribution >= 4 is 11.6 Å². The number of rotatable bonds is 3. The molecule has 13 heavy (non-hydrogen) atoms. The summed E-state index contributed by atoms with van der Waals surface area (Å²) in [5.74, 6) is -0.0402. The van der Waals surface area contributed by atoms with E-state index >= 15 is 0 Å². The van der Waals surface area contributed by atoms with E-state index < -0.39 is 0 Å².